The minimum atomic E-state index is -0.351. The normalized spacial score (nSPS) is 29.2. The highest BCUT2D eigenvalue weighted by molar-refractivity contribution is 5.85. The van der Waals surface area contributed by atoms with Crippen molar-refractivity contribution in [1.29, 1.82) is 0 Å². The maximum atomic E-state index is 12.8. The standard InChI is InChI=1S/C16H26N4O2.ClH/c1-11-18-14(22-19-11)12-6-9-20(10-7-12)15(21)13-5-3-4-8-16(13,2)17;/h12-13H,3-10,17H2,1-2H3;1H. The fourth-order valence-corrected chi connectivity index (χ4v) is 3.81. The monoisotopic (exact) mass is 342 g/mol. The third-order valence-corrected chi connectivity index (χ3v) is 5.25. The van der Waals surface area contributed by atoms with Crippen LogP contribution in [0.25, 0.3) is 0 Å². The summed E-state index contributed by atoms with van der Waals surface area (Å²) in [5, 5.41) is 3.86. The number of likely N-dealkylation sites (tertiary alicyclic amines) is 1. The smallest absolute Gasteiger partial charge is 0.229 e. The van der Waals surface area contributed by atoms with Crippen LogP contribution in [0.3, 0.4) is 0 Å². The van der Waals surface area contributed by atoms with Gasteiger partial charge in [0.1, 0.15) is 0 Å². The highest BCUT2D eigenvalue weighted by Crippen LogP contribution is 2.34. The predicted molar refractivity (Wildman–Crippen MR) is 89.4 cm³/mol. The number of halogens is 1. The Bertz CT molecular complexity index is 538. The van der Waals surface area contributed by atoms with Gasteiger partial charge in [0.05, 0.1) is 5.92 Å². The first-order valence-corrected chi connectivity index (χ1v) is 8.35. The molecule has 7 heteroatoms. The maximum absolute atomic E-state index is 12.8. The molecule has 1 aliphatic heterocycles. The van der Waals surface area contributed by atoms with Gasteiger partial charge in [-0.1, -0.05) is 18.0 Å². The molecule has 2 atom stereocenters. The third-order valence-electron chi connectivity index (χ3n) is 5.25. The average Bonchev–Trinajstić information content (AvgIpc) is 2.93. The number of carbonyl (C=O) groups excluding carboxylic acids is 1. The minimum absolute atomic E-state index is 0. The molecule has 2 aliphatic rings. The lowest BCUT2D eigenvalue weighted by Crippen LogP contribution is -2.54. The van der Waals surface area contributed by atoms with Crippen molar-refractivity contribution in [3.8, 4) is 0 Å². The van der Waals surface area contributed by atoms with Crippen LogP contribution in [-0.4, -0.2) is 39.6 Å². The van der Waals surface area contributed by atoms with Crippen molar-refractivity contribution in [1.82, 2.24) is 15.0 Å². The first-order valence-electron chi connectivity index (χ1n) is 8.35. The van der Waals surface area contributed by atoms with Crippen molar-refractivity contribution in [2.75, 3.05) is 13.1 Å². The Morgan fingerprint density at radius 2 is 2.00 bits per heavy atom. The summed E-state index contributed by atoms with van der Waals surface area (Å²) in [7, 11) is 0. The van der Waals surface area contributed by atoms with Gasteiger partial charge >= 0.3 is 0 Å². The molecular formula is C16H27ClN4O2. The van der Waals surface area contributed by atoms with Gasteiger partial charge in [0, 0.05) is 24.5 Å². The summed E-state index contributed by atoms with van der Waals surface area (Å²) in [4.78, 5) is 19.1. The van der Waals surface area contributed by atoms with Crippen LogP contribution < -0.4 is 5.73 Å². The van der Waals surface area contributed by atoms with Crippen molar-refractivity contribution < 1.29 is 9.32 Å². The van der Waals surface area contributed by atoms with Crippen LogP contribution >= 0.6 is 12.4 Å². The number of amides is 1. The van der Waals surface area contributed by atoms with Crippen LogP contribution in [-0.2, 0) is 4.79 Å². The molecule has 1 aromatic rings. The lowest BCUT2D eigenvalue weighted by Gasteiger charge is -2.41. The predicted octanol–water partition coefficient (Wildman–Crippen LogP) is 2.41. The van der Waals surface area contributed by atoms with E-state index in [1.807, 2.05) is 18.7 Å². The second-order valence-corrected chi connectivity index (χ2v) is 7.08. The summed E-state index contributed by atoms with van der Waals surface area (Å²) < 4.78 is 5.26. The number of piperidine rings is 1. The fraction of sp³-hybridized carbons (Fsp3) is 0.812. The van der Waals surface area contributed by atoms with Crippen LogP contribution in [0.2, 0.25) is 0 Å². The van der Waals surface area contributed by atoms with E-state index in [9.17, 15) is 4.79 Å². The molecule has 2 N–H and O–H groups in total. The first-order chi connectivity index (χ1) is 10.5. The van der Waals surface area contributed by atoms with E-state index in [1.54, 1.807) is 0 Å². The molecule has 6 nitrogen and oxygen atoms in total. The van der Waals surface area contributed by atoms with Gasteiger partial charge in [0.2, 0.25) is 11.8 Å². The largest absolute Gasteiger partial charge is 0.342 e. The highest BCUT2D eigenvalue weighted by Gasteiger charge is 2.40. The lowest BCUT2D eigenvalue weighted by atomic mass is 9.73. The molecule has 23 heavy (non-hydrogen) atoms. The minimum Gasteiger partial charge on any atom is -0.342 e. The summed E-state index contributed by atoms with van der Waals surface area (Å²) in [5.41, 5.74) is 6.02. The Morgan fingerprint density at radius 1 is 1.30 bits per heavy atom. The molecule has 0 aromatic carbocycles. The van der Waals surface area contributed by atoms with Crippen LogP contribution in [0.4, 0.5) is 0 Å². The molecule has 2 fully saturated rings. The zero-order valence-corrected chi connectivity index (χ0v) is 14.8. The number of hydrogen-bond donors (Lipinski definition) is 1. The second-order valence-electron chi connectivity index (χ2n) is 7.08. The van der Waals surface area contributed by atoms with E-state index < -0.39 is 0 Å². The van der Waals surface area contributed by atoms with Gasteiger partial charge in [-0.15, -0.1) is 12.4 Å². The molecule has 0 spiro atoms. The fourth-order valence-electron chi connectivity index (χ4n) is 3.81. The topological polar surface area (TPSA) is 85.2 Å². The zero-order chi connectivity index (χ0) is 15.7. The van der Waals surface area contributed by atoms with E-state index in [4.69, 9.17) is 10.3 Å². The number of carbonyl (C=O) groups is 1. The van der Waals surface area contributed by atoms with Crippen molar-refractivity contribution >= 4 is 18.3 Å². The molecule has 3 rings (SSSR count). The van der Waals surface area contributed by atoms with Gasteiger partial charge in [-0.3, -0.25) is 4.79 Å². The summed E-state index contributed by atoms with van der Waals surface area (Å²) in [6, 6.07) is 0. The van der Waals surface area contributed by atoms with E-state index in [-0.39, 0.29) is 35.7 Å². The highest BCUT2D eigenvalue weighted by atomic mass is 35.5. The molecule has 1 amide bonds. The quantitative estimate of drug-likeness (QED) is 0.892. The average molecular weight is 343 g/mol. The Labute approximate surface area is 143 Å². The number of hydrogen-bond acceptors (Lipinski definition) is 5. The second kappa shape index (κ2) is 7.18. The summed E-state index contributed by atoms with van der Waals surface area (Å²) >= 11 is 0. The van der Waals surface area contributed by atoms with E-state index in [2.05, 4.69) is 10.1 Å². The van der Waals surface area contributed by atoms with Crippen LogP contribution in [0.1, 0.15) is 63.1 Å². The molecular weight excluding hydrogens is 316 g/mol. The van der Waals surface area contributed by atoms with E-state index in [0.717, 1.165) is 51.6 Å². The number of nitrogens with two attached hydrogens (primary N) is 1. The van der Waals surface area contributed by atoms with Crippen LogP contribution in [0.15, 0.2) is 4.52 Å². The summed E-state index contributed by atoms with van der Waals surface area (Å²) in [6.07, 6.45) is 5.90. The zero-order valence-electron chi connectivity index (χ0n) is 14.0. The Balaban J connectivity index is 0.00000192. The first kappa shape index (κ1) is 18.2. The molecule has 0 bridgehead atoms. The van der Waals surface area contributed by atoms with Gasteiger partial charge < -0.3 is 15.2 Å². The van der Waals surface area contributed by atoms with Crippen LogP contribution in [0.5, 0.6) is 0 Å². The van der Waals surface area contributed by atoms with Gasteiger partial charge in [0.25, 0.3) is 0 Å². The molecule has 1 aliphatic carbocycles. The van der Waals surface area contributed by atoms with Crippen molar-refractivity contribution in [2.24, 2.45) is 11.7 Å². The van der Waals surface area contributed by atoms with Gasteiger partial charge in [-0.2, -0.15) is 4.98 Å². The number of aryl methyl sites for hydroxylation is 1. The molecule has 1 saturated carbocycles. The molecule has 130 valence electrons. The van der Waals surface area contributed by atoms with E-state index in [1.165, 1.54) is 0 Å². The molecule has 2 unspecified atom stereocenters. The van der Waals surface area contributed by atoms with E-state index >= 15 is 0 Å². The van der Waals surface area contributed by atoms with Crippen LogP contribution in [0, 0.1) is 12.8 Å². The molecule has 1 saturated heterocycles. The lowest BCUT2D eigenvalue weighted by molar-refractivity contribution is -0.140. The molecule has 2 heterocycles. The third kappa shape index (κ3) is 3.86. The molecule has 1 aromatic heterocycles. The number of aromatic nitrogens is 2. The number of rotatable bonds is 2. The summed E-state index contributed by atoms with van der Waals surface area (Å²) in [6.45, 7) is 5.38. The van der Waals surface area contributed by atoms with Gasteiger partial charge in [0.15, 0.2) is 5.82 Å². The molecule has 0 radical (unpaired) electrons. The Morgan fingerprint density at radius 3 is 2.57 bits per heavy atom. The van der Waals surface area contributed by atoms with Gasteiger partial charge in [-0.25, -0.2) is 0 Å². The van der Waals surface area contributed by atoms with Crippen molar-refractivity contribution in [2.45, 2.75) is 63.8 Å². The Hall–Kier alpha value is -1.14. The SMILES string of the molecule is Cc1noc(C2CCN(C(=O)C3CCCCC3(C)N)CC2)n1.Cl. The van der Waals surface area contributed by atoms with Gasteiger partial charge in [-0.05, 0) is 39.5 Å². The maximum Gasteiger partial charge on any atom is 0.229 e. The van der Waals surface area contributed by atoms with E-state index in [0.29, 0.717) is 11.7 Å². The number of nitrogens with zero attached hydrogens (tertiary/aromatic N) is 3. The van der Waals surface area contributed by atoms with Crippen molar-refractivity contribution in [3.63, 3.8) is 0 Å². The summed E-state index contributed by atoms with van der Waals surface area (Å²) in [5.74, 6) is 1.88. The Kier molecular flexibility index (Phi) is 5.68. The van der Waals surface area contributed by atoms with Crippen molar-refractivity contribution in [3.05, 3.63) is 11.7 Å².